The molecule has 66 valence electrons. The summed E-state index contributed by atoms with van der Waals surface area (Å²) < 4.78 is 0. The third-order valence-corrected chi connectivity index (χ3v) is 2.07. The lowest BCUT2D eigenvalue weighted by atomic mass is 10.1. The van der Waals surface area contributed by atoms with Crippen molar-refractivity contribution in [2.45, 2.75) is 13.3 Å². The molecule has 0 spiro atoms. The zero-order valence-electron chi connectivity index (χ0n) is 6.70. The first-order valence-electron chi connectivity index (χ1n) is 3.68. The maximum atomic E-state index is 5.95. The summed E-state index contributed by atoms with van der Waals surface area (Å²) in [5, 5.41) is 0.759. The largest absolute Gasteiger partial charge is 0.308 e. The van der Waals surface area contributed by atoms with Crippen molar-refractivity contribution in [2.24, 2.45) is 0 Å². The van der Waals surface area contributed by atoms with Gasteiger partial charge in [0.1, 0.15) is 0 Å². The van der Waals surface area contributed by atoms with Gasteiger partial charge in [-0.05, 0) is 35.9 Å². The highest BCUT2D eigenvalue weighted by Crippen LogP contribution is 2.20. The molecule has 0 aliphatic carbocycles. The highest BCUT2D eigenvalue weighted by atomic mass is 35.5. The van der Waals surface area contributed by atoms with Crippen LogP contribution in [0.2, 0.25) is 5.02 Å². The van der Waals surface area contributed by atoms with Gasteiger partial charge < -0.3 is 5.43 Å². The van der Waals surface area contributed by atoms with E-state index in [4.69, 9.17) is 23.4 Å². The van der Waals surface area contributed by atoms with E-state index in [2.05, 4.69) is 17.3 Å². The molecule has 0 aromatic heterocycles. The molecule has 0 aliphatic rings. The van der Waals surface area contributed by atoms with Crippen LogP contribution in [0.4, 0.5) is 5.69 Å². The Bertz CT molecular complexity index is 263. The predicted molar refractivity (Wildman–Crippen MR) is 53.4 cm³/mol. The lowest BCUT2D eigenvalue weighted by Crippen LogP contribution is -2.08. The minimum absolute atomic E-state index is 0.759. The Morgan fingerprint density at radius 1 is 1.42 bits per heavy atom. The number of halogens is 2. The molecule has 0 saturated carbocycles. The molecular formula is C8H10Cl2N2. The standard InChI is InChI=1S/C8H10Cl2N2/c1-2-6-3-4-7(11-12-10)5-8(6)9/h3-5,11-12H,2H2,1H3. The molecule has 0 heterocycles. The maximum absolute atomic E-state index is 5.95. The zero-order chi connectivity index (χ0) is 8.97. The summed E-state index contributed by atoms with van der Waals surface area (Å²) in [5.74, 6) is 0. The van der Waals surface area contributed by atoms with Crippen molar-refractivity contribution in [3.63, 3.8) is 0 Å². The van der Waals surface area contributed by atoms with E-state index in [-0.39, 0.29) is 0 Å². The van der Waals surface area contributed by atoms with E-state index in [1.165, 1.54) is 0 Å². The van der Waals surface area contributed by atoms with Crippen LogP contribution in [-0.2, 0) is 6.42 Å². The fraction of sp³-hybridized carbons (Fsp3) is 0.250. The second kappa shape index (κ2) is 4.55. The van der Waals surface area contributed by atoms with E-state index in [1.807, 2.05) is 18.2 Å². The van der Waals surface area contributed by atoms with Crippen molar-refractivity contribution >= 4 is 29.1 Å². The summed E-state index contributed by atoms with van der Waals surface area (Å²) >= 11 is 11.2. The summed E-state index contributed by atoms with van der Waals surface area (Å²) in [6.07, 6.45) is 0.938. The molecule has 0 bridgehead atoms. The van der Waals surface area contributed by atoms with Gasteiger partial charge in [0, 0.05) is 5.02 Å². The molecule has 0 radical (unpaired) electrons. The number of benzene rings is 1. The van der Waals surface area contributed by atoms with Crippen molar-refractivity contribution in [1.82, 2.24) is 4.94 Å². The van der Waals surface area contributed by atoms with E-state index in [1.54, 1.807) is 0 Å². The van der Waals surface area contributed by atoms with Crippen LogP contribution in [-0.4, -0.2) is 0 Å². The lowest BCUT2D eigenvalue weighted by molar-refractivity contribution is 1.13. The molecule has 1 aromatic rings. The molecule has 4 heteroatoms. The topological polar surface area (TPSA) is 24.1 Å². The smallest absolute Gasteiger partial charge is 0.0515 e. The van der Waals surface area contributed by atoms with Gasteiger partial charge in [-0.3, -0.25) is 0 Å². The second-order valence-electron chi connectivity index (χ2n) is 2.38. The minimum atomic E-state index is 0.759. The van der Waals surface area contributed by atoms with Gasteiger partial charge >= 0.3 is 0 Å². The fourth-order valence-corrected chi connectivity index (χ4v) is 1.39. The Hall–Kier alpha value is -0.440. The Morgan fingerprint density at radius 3 is 2.67 bits per heavy atom. The Balaban J connectivity index is 2.86. The van der Waals surface area contributed by atoms with Crippen LogP contribution in [0.5, 0.6) is 0 Å². The molecule has 12 heavy (non-hydrogen) atoms. The quantitative estimate of drug-likeness (QED) is 0.585. The monoisotopic (exact) mass is 204 g/mol. The Morgan fingerprint density at radius 2 is 2.17 bits per heavy atom. The van der Waals surface area contributed by atoms with Gasteiger partial charge in [0.05, 0.1) is 5.69 Å². The normalized spacial score (nSPS) is 9.92. The molecule has 0 atom stereocenters. The van der Waals surface area contributed by atoms with E-state index < -0.39 is 0 Å². The van der Waals surface area contributed by atoms with Crippen LogP contribution < -0.4 is 10.4 Å². The third-order valence-electron chi connectivity index (χ3n) is 1.63. The van der Waals surface area contributed by atoms with E-state index in [0.29, 0.717) is 0 Å². The van der Waals surface area contributed by atoms with Crippen molar-refractivity contribution in [3.8, 4) is 0 Å². The first-order chi connectivity index (χ1) is 5.77. The van der Waals surface area contributed by atoms with Crippen LogP contribution in [0, 0.1) is 0 Å². The molecular weight excluding hydrogens is 195 g/mol. The molecule has 2 nitrogen and oxygen atoms in total. The van der Waals surface area contributed by atoms with Crippen LogP contribution in [0.15, 0.2) is 18.2 Å². The van der Waals surface area contributed by atoms with E-state index in [9.17, 15) is 0 Å². The number of aryl methyl sites for hydroxylation is 1. The number of hydrogen-bond acceptors (Lipinski definition) is 2. The van der Waals surface area contributed by atoms with Crippen molar-refractivity contribution in [3.05, 3.63) is 28.8 Å². The number of hydrogen-bond donors (Lipinski definition) is 2. The second-order valence-corrected chi connectivity index (χ2v) is 2.98. The molecule has 0 unspecified atom stereocenters. The third kappa shape index (κ3) is 2.27. The molecule has 0 aliphatic heterocycles. The Kier molecular flexibility index (Phi) is 3.66. The molecule has 0 saturated heterocycles. The summed E-state index contributed by atoms with van der Waals surface area (Å²) in [6, 6.07) is 5.72. The van der Waals surface area contributed by atoms with Crippen LogP contribution >= 0.6 is 23.4 Å². The Labute approximate surface area is 81.9 Å². The average molecular weight is 205 g/mol. The van der Waals surface area contributed by atoms with Gasteiger partial charge in [-0.2, -0.15) is 0 Å². The SMILES string of the molecule is CCc1ccc(NNCl)cc1Cl. The van der Waals surface area contributed by atoms with Crippen LogP contribution in [0.1, 0.15) is 12.5 Å². The molecule has 1 aromatic carbocycles. The van der Waals surface area contributed by atoms with Gasteiger partial charge in [0.15, 0.2) is 0 Å². The molecule has 0 amide bonds. The first-order valence-corrected chi connectivity index (χ1v) is 4.43. The van der Waals surface area contributed by atoms with Gasteiger partial charge in [0.25, 0.3) is 0 Å². The maximum Gasteiger partial charge on any atom is 0.0515 e. The number of rotatable bonds is 3. The van der Waals surface area contributed by atoms with Gasteiger partial charge in [-0.25, -0.2) is 0 Å². The highest BCUT2D eigenvalue weighted by molar-refractivity contribution is 6.31. The van der Waals surface area contributed by atoms with Crippen molar-refractivity contribution in [2.75, 3.05) is 5.43 Å². The summed E-state index contributed by atoms with van der Waals surface area (Å²) in [4.78, 5) is 2.31. The molecule has 2 N–H and O–H groups in total. The van der Waals surface area contributed by atoms with Gasteiger partial charge in [-0.1, -0.05) is 24.6 Å². The van der Waals surface area contributed by atoms with Gasteiger partial charge in [-0.15, -0.1) is 4.94 Å². The van der Waals surface area contributed by atoms with Crippen molar-refractivity contribution < 1.29 is 0 Å². The summed E-state index contributed by atoms with van der Waals surface area (Å²) in [7, 11) is 0. The zero-order valence-corrected chi connectivity index (χ0v) is 8.21. The fourth-order valence-electron chi connectivity index (χ4n) is 0.966. The lowest BCUT2D eigenvalue weighted by Gasteiger charge is -2.05. The average Bonchev–Trinajstić information content (AvgIpc) is 2.05. The van der Waals surface area contributed by atoms with Crippen LogP contribution in [0.25, 0.3) is 0 Å². The summed E-state index contributed by atoms with van der Waals surface area (Å²) in [6.45, 7) is 2.06. The number of nitrogens with one attached hydrogen (secondary N) is 2. The van der Waals surface area contributed by atoms with Crippen molar-refractivity contribution in [1.29, 1.82) is 0 Å². The van der Waals surface area contributed by atoms with E-state index >= 15 is 0 Å². The first kappa shape index (κ1) is 9.65. The predicted octanol–water partition coefficient (Wildman–Crippen LogP) is 2.97. The number of anilines is 1. The van der Waals surface area contributed by atoms with Crippen LogP contribution in [0.3, 0.4) is 0 Å². The number of hydrazine groups is 1. The highest BCUT2D eigenvalue weighted by Gasteiger charge is 1.98. The van der Waals surface area contributed by atoms with E-state index in [0.717, 1.165) is 22.7 Å². The minimum Gasteiger partial charge on any atom is -0.308 e. The molecule has 0 fully saturated rings. The molecule has 1 rings (SSSR count). The van der Waals surface area contributed by atoms with Gasteiger partial charge in [0.2, 0.25) is 0 Å². The summed E-state index contributed by atoms with van der Waals surface area (Å²) in [5.41, 5.74) is 4.72.